The van der Waals surface area contributed by atoms with E-state index >= 15 is 0 Å². The zero-order valence-electron chi connectivity index (χ0n) is 34.0. The first kappa shape index (κ1) is 42.6. The van der Waals surface area contributed by atoms with Crippen molar-refractivity contribution in [2.75, 3.05) is 26.3 Å². The molecule has 0 saturated heterocycles. The Labute approximate surface area is 309 Å². The molecule has 12 heteroatoms. The van der Waals surface area contributed by atoms with Crippen molar-refractivity contribution in [2.24, 2.45) is 14.1 Å². The Morgan fingerprint density at radius 3 is 1.25 bits per heavy atom. The van der Waals surface area contributed by atoms with Crippen LogP contribution in [0.2, 0.25) is 0 Å². The largest absolute Gasteiger partial charge is 0.441 e. The van der Waals surface area contributed by atoms with Crippen molar-refractivity contribution >= 4 is 0 Å². The topological polar surface area (TPSA) is 139 Å². The smallest absolute Gasteiger partial charge is 0.302 e. The lowest BCUT2D eigenvalue weighted by molar-refractivity contribution is 0.0363. The van der Waals surface area contributed by atoms with Crippen LogP contribution in [0.15, 0.2) is 18.6 Å². The number of rotatable bonds is 16. The van der Waals surface area contributed by atoms with E-state index in [1.165, 1.54) is 95.2 Å². The van der Waals surface area contributed by atoms with Crippen LogP contribution in [-0.2, 0) is 23.8 Å². The highest BCUT2D eigenvalue weighted by molar-refractivity contribution is 5.53. The molecule has 12 nitrogen and oxygen atoms in total. The monoisotopic (exact) mass is 722 g/mol. The Morgan fingerprint density at radius 2 is 0.923 bits per heavy atom. The summed E-state index contributed by atoms with van der Waals surface area (Å²) in [5.41, 5.74) is 21.0. The molecule has 288 valence electrons. The van der Waals surface area contributed by atoms with Gasteiger partial charge in [-0.05, 0) is 149 Å². The third-order valence-corrected chi connectivity index (χ3v) is 11.1. The number of unbranched alkanes of at least 4 members (excludes halogenated alkanes) is 3. The fraction of sp³-hybridized carbons (Fsp3) is 0.600. The molecular weight excluding hydrogens is 660 g/mol. The Hall–Kier alpha value is -3.84. The van der Waals surface area contributed by atoms with Crippen LogP contribution in [0, 0.1) is 69.2 Å². The average molecular weight is 723 g/mol. The second-order valence-corrected chi connectivity index (χ2v) is 14.0. The van der Waals surface area contributed by atoms with E-state index in [1.54, 1.807) is 14.1 Å². The second kappa shape index (κ2) is 19.3. The molecule has 0 radical (unpaired) electrons. The van der Waals surface area contributed by atoms with Crippen LogP contribution in [0.25, 0.3) is 0 Å². The van der Waals surface area contributed by atoms with Gasteiger partial charge >= 0.3 is 11.5 Å². The summed E-state index contributed by atoms with van der Waals surface area (Å²) in [7, 11) is 3.38. The third kappa shape index (κ3) is 9.38. The summed E-state index contributed by atoms with van der Waals surface area (Å²) in [5.74, 6) is 0.0386. The molecule has 2 atom stereocenters. The lowest BCUT2D eigenvalue weighted by atomic mass is 9.83. The Balaban J connectivity index is 0.000000284. The van der Waals surface area contributed by atoms with Crippen LogP contribution in [0.4, 0.5) is 0 Å². The lowest BCUT2D eigenvalue weighted by Gasteiger charge is -2.25. The maximum Gasteiger partial charge on any atom is 0.441 e. The van der Waals surface area contributed by atoms with Gasteiger partial charge in [-0.2, -0.15) is 0 Å². The van der Waals surface area contributed by atoms with E-state index in [1.807, 2.05) is 6.92 Å². The van der Waals surface area contributed by atoms with E-state index in [9.17, 15) is 9.59 Å². The fourth-order valence-corrected chi connectivity index (χ4v) is 7.01. The van der Waals surface area contributed by atoms with Crippen molar-refractivity contribution in [3.8, 4) is 0 Å². The zero-order chi connectivity index (χ0) is 38.9. The van der Waals surface area contributed by atoms with Crippen LogP contribution < -0.4 is 22.5 Å². The minimum Gasteiger partial charge on any atom is -0.302 e. The molecule has 52 heavy (non-hydrogen) atoms. The Morgan fingerprint density at radius 1 is 0.558 bits per heavy atom. The highest BCUT2D eigenvalue weighted by Gasteiger charge is 2.28. The third-order valence-electron chi connectivity index (χ3n) is 11.1. The van der Waals surface area contributed by atoms with Gasteiger partial charge < -0.3 is 9.68 Å². The number of hydrogen-bond acceptors (Lipinski definition) is 10. The molecule has 0 fully saturated rings. The normalized spacial score (nSPS) is 12.6. The molecule has 0 bridgehead atoms. The number of nitrogens with zero attached hydrogens (tertiary/aromatic N) is 4. The molecule has 2 unspecified atom stereocenters. The van der Waals surface area contributed by atoms with E-state index in [0.717, 1.165) is 6.42 Å². The first-order valence-corrected chi connectivity index (χ1v) is 18.5. The van der Waals surface area contributed by atoms with Gasteiger partial charge in [0.2, 0.25) is 0 Å². The summed E-state index contributed by atoms with van der Waals surface area (Å²) in [6.45, 7) is 27.8. The summed E-state index contributed by atoms with van der Waals surface area (Å²) in [6, 6.07) is 0. The van der Waals surface area contributed by atoms with E-state index in [0.29, 0.717) is 38.0 Å². The molecule has 0 aliphatic heterocycles. The minimum atomic E-state index is -0.456. The lowest BCUT2D eigenvalue weighted by Crippen LogP contribution is -2.28. The summed E-state index contributed by atoms with van der Waals surface area (Å²) >= 11 is 0. The molecule has 2 heterocycles. The Bertz CT molecular complexity index is 1860. The van der Waals surface area contributed by atoms with Crippen molar-refractivity contribution in [2.45, 2.75) is 121 Å². The predicted octanol–water partition coefficient (Wildman–Crippen LogP) is 6.74. The summed E-state index contributed by atoms with van der Waals surface area (Å²) in [5, 5.41) is 8.09. The molecule has 0 amide bonds. The van der Waals surface area contributed by atoms with Gasteiger partial charge in [0.1, 0.15) is 0 Å². The van der Waals surface area contributed by atoms with Crippen LogP contribution in [-0.4, -0.2) is 45.8 Å². The SMILES string of the molecule is CCCCCCONCC(c1c(C)c(C)c(C)c(C)c1C)c1noc(=O)n1C.CCONCC(c1c(C)c(C)c(C)c(C)c1C)c1noc(=O)n1C. The number of benzene rings is 2. The van der Waals surface area contributed by atoms with Gasteiger partial charge in [-0.15, -0.1) is 0 Å². The van der Waals surface area contributed by atoms with E-state index < -0.39 is 11.5 Å². The first-order chi connectivity index (χ1) is 24.6. The zero-order valence-corrected chi connectivity index (χ0v) is 34.0. The van der Waals surface area contributed by atoms with Crippen LogP contribution >= 0.6 is 0 Å². The molecule has 2 N–H and O–H groups in total. The van der Waals surface area contributed by atoms with Crippen molar-refractivity contribution in [1.82, 2.24) is 30.4 Å². The average Bonchev–Trinajstić information content (AvgIpc) is 3.64. The second-order valence-electron chi connectivity index (χ2n) is 14.0. The van der Waals surface area contributed by atoms with Crippen molar-refractivity contribution < 1.29 is 18.7 Å². The minimum absolute atomic E-state index is 0.133. The number of aromatic nitrogens is 4. The number of hydroxylamine groups is 2. The number of nitrogens with one attached hydrogen (secondary N) is 2. The van der Waals surface area contributed by atoms with Gasteiger partial charge in [-0.1, -0.05) is 36.5 Å². The molecule has 0 aliphatic carbocycles. The van der Waals surface area contributed by atoms with Crippen molar-refractivity contribution in [3.63, 3.8) is 0 Å². The van der Waals surface area contributed by atoms with Crippen molar-refractivity contribution in [3.05, 3.63) is 99.5 Å². The van der Waals surface area contributed by atoms with Gasteiger partial charge in [-0.3, -0.25) is 18.2 Å². The van der Waals surface area contributed by atoms with Gasteiger partial charge in [0.05, 0.1) is 25.0 Å². The summed E-state index contributed by atoms with van der Waals surface area (Å²) < 4.78 is 12.7. The number of hydrogen-bond donors (Lipinski definition) is 2. The molecule has 4 aromatic rings. The van der Waals surface area contributed by atoms with Crippen LogP contribution in [0.3, 0.4) is 0 Å². The molecule has 4 rings (SSSR count). The molecular formula is C40H62N6O6. The summed E-state index contributed by atoms with van der Waals surface area (Å²) in [4.78, 5) is 34.6. The standard InChI is InChI=1S/C22H35N3O3.C18H27N3O3/c1-8-9-10-11-12-27-23-13-19(21-24-28-22(26)25(21)7)20-17(5)15(3)14(2)16(4)18(20)6;1-8-23-19-9-15(17-20-24-18(22)21(17)7)16-13(5)11(3)10(2)12(4)14(16)6/h19,23H,8-13H2,1-7H3;15,19H,8-9H2,1-7H3. The molecule has 0 aliphatic rings. The predicted molar refractivity (Wildman–Crippen MR) is 205 cm³/mol. The fourth-order valence-electron chi connectivity index (χ4n) is 7.01. The summed E-state index contributed by atoms with van der Waals surface area (Å²) in [6.07, 6.45) is 4.65. The van der Waals surface area contributed by atoms with Gasteiger partial charge in [0.15, 0.2) is 11.6 Å². The first-order valence-electron chi connectivity index (χ1n) is 18.5. The quantitative estimate of drug-likeness (QED) is 0.0945. The molecule has 0 saturated carbocycles. The highest BCUT2D eigenvalue weighted by atomic mass is 16.6. The van der Waals surface area contributed by atoms with Gasteiger partial charge in [0.25, 0.3) is 0 Å². The van der Waals surface area contributed by atoms with E-state index in [-0.39, 0.29) is 11.8 Å². The molecule has 2 aromatic heterocycles. The van der Waals surface area contributed by atoms with E-state index in [2.05, 4.69) is 97.4 Å². The van der Waals surface area contributed by atoms with Gasteiger partial charge in [-0.25, -0.2) is 20.5 Å². The van der Waals surface area contributed by atoms with Gasteiger partial charge in [0, 0.05) is 27.2 Å². The molecule has 0 spiro atoms. The Kier molecular flexibility index (Phi) is 15.8. The van der Waals surface area contributed by atoms with E-state index in [4.69, 9.17) is 18.7 Å². The maximum atomic E-state index is 11.9. The molecule has 2 aromatic carbocycles. The highest BCUT2D eigenvalue weighted by Crippen LogP contribution is 2.35. The van der Waals surface area contributed by atoms with Crippen LogP contribution in [0.5, 0.6) is 0 Å². The van der Waals surface area contributed by atoms with Crippen molar-refractivity contribution in [1.29, 1.82) is 0 Å². The van der Waals surface area contributed by atoms with Crippen LogP contribution in [0.1, 0.15) is 130 Å². The maximum absolute atomic E-state index is 11.9.